The number of H-pyrrole nitrogens is 1. The minimum atomic E-state index is 0.893. The Morgan fingerprint density at radius 2 is 2.07 bits per heavy atom. The van der Waals surface area contributed by atoms with Crippen LogP contribution in [0.3, 0.4) is 0 Å². The number of aromatic amines is 1. The highest BCUT2D eigenvalue weighted by Gasteiger charge is 1.96. The van der Waals surface area contributed by atoms with Gasteiger partial charge >= 0.3 is 0 Å². The van der Waals surface area contributed by atoms with Gasteiger partial charge in [0.2, 0.25) is 0 Å². The van der Waals surface area contributed by atoms with E-state index >= 15 is 0 Å². The van der Waals surface area contributed by atoms with Crippen molar-refractivity contribution in [1.82, 2.24) is 9.97 Å². The molecule has 0 fully saturated rings. The lowest BCUT2D eigenvalue weighted by Gasteiger charge is -1.81. The van der Waals surface area contributed by atoms with E-state index in [1.165, 1.54) is 0 Å². The van der Waals surface area contributed by atoms with Crippen LogP contribution in [0.1, 0.15) is 12.7 Å². The van der Waals surface area contributed by atoms with Gasteiger partial charge in [-0.15, -0.1) is 0 Å². The van der Waals surface area contributed by atoms with Crippen LogP contribution in [0.15, 0.2) is 42.5 Å². The number of hydrogen-bond donors (Lipinski definition) is 1. The van der Waals surface area contributed by atoms with Gasteiger partial charge in [0.15, 0.2) is 0 Å². The van der Waals surface area contributed by atoms with E-state index in [1.807, 2.05) is 55.5 Å². The van der Waals surface area contributed by atoms with Crippen molar-refractivity contribution in [3.63, 3.8) is 0 Å². The smallest absolute Gasteiger partial charge is 0.131 e. The fourth-order valence-electron chi connectivity index (χ4n) is 1.31. The normalized spacial score (nSPS) is 12.1. The Kier molecular flexibility index (Phi) is 2.45. The van der Waals surface area contributed by atoms with Crippen LogP contribution in [-0.2, 0) is 0 Å². The standard InChI is InChI=1S/C12H12N2/c1-2-3-4-9-12-13-10-7-5-6-8-11(10)14-12/h2-9H,1H3,(H,13,14). The highest BCUT2D eigenvalue weighted by atomic mass is 14.9. The van der Waals surface area contributed by atoms with Gasteiger partial charge in [0, 0.05) is 0 Å². The van der Waals surface area contributed by atoms with E-state index in [1.54, 1.807) is 0 Å². The van der Waals surface area contributed by atoms with Gasteiger partial charge in [-0.05, 0) is 25.1 Å². The van der Waals surface area contributed by atoms with E-state index in [0.29, 0.717) is 0 Å². The number of nitrogens with zero attached hydrogens (tertiary/aromatic N) is 1. The Labute approximate surface area is 83.0 Å². The van der Waals surface area contributed by atoms with Crippen LogP contribution >= 0.6 is 0 Å². The Hall–Kier alpha value is -1.83. The van der Waals surface area contributed by atoms with Gasteiger partial charge in [-0.1, -0.05) is 30.4 Å². The van der Waals surface area contributed by atoms with Crippen LogP contribution in [0.5, 0.6) is 0 Å². The molecule has 1 aromatic carbocycles. The Morgan fingerprint density at radius 1 is 1.21 bits per heavy atom. The van der Waals surface area contributed by atoms with Crippen molar-refractivity contribution in [1.29, 1.82) is 0 Å². The first kappa shape index (κ1) is 8.75. The van der Waals surface area contributed by atoms with E-state index in [4.69, 9.17) is 0 Å². The lowest BCUT2D eigenvalue weighted by atomic mass is 10.3. The fourth-order valence-corrected chi connectivity index (χ4v) is 1.31. The maximum atomic E-state index is 4.41. The lowest BCUT2D eigenvalue weighted by Crippen LogP contribution is -1.71. The van der Waals surface area contributed by atoms with Crippen molar-refractivity contribution in [3.8, 4) is 0 Å². The molecule has 1 heterocycles. The molecule has 2 aromatic rings. The van der Waals surface area contributed by atoms with Gasteiger partial charge in [0.1, 0.15) is 5.82 Å². The van der Waals surface area contributed by atoms with Gasteiger partial charge in [-0.2, -0.15) is 0 Å². The molecule has 70 valence electrons. The summed E-state index contributed by atoms with van der Waals surface area (Å²) < 4.78 is 0. The first-order chi connectivity index (χ1) is 6.90. The third-order valence-corrected chi connectivity index (χ3v) is 1.97. The van der Waals surface area contributed by atoms with Crippen LogP contribution < -0.4 is 0 Å². The van der Waals surface area contributed by atoms with E-state index in [0.717, 1.165) is 16.9 Å². The molecule has 0 saturated carbocycles. The predicted octanol–water partition coefficient (Wildman–Crippen LogP) is 3.15. The molecule has 0 saturated heterocycles. The van der Waals surface area contributed by atoms with Crippen molar-refractivity contribution >= 4 is 17.1 Å². The largest absolute Gasteiger partial charge is 0.338 e. The van der Waals surface area contributed by atoms with Gasteiger partial charge in [-0.3, -0.25) is 0 Å². The van der Waals surface area contributed by atoms with Crippen molar-refractivity contribution < 1.29 is 0 Å². The molecule has 0 aliphatic carbocycles. The number of fused-ring (bicyclic) bond motifs is 1. The minimum Gasteiger partial charge on any atom is -0.338 e. The Balaban J connectivity index is 2.35. The number of hydrogen-bond acceptors (Lipinski definition) is 1. The molecule has 0 aliphatic rings. The molecular weight excluding hydrogens is 172 g/mol. The molecule has 0 radical (unpaired) electrons. The Morgan fingerprint density at radius 3 is 2.86 bits per heavy atom. The summed E-state index contributed by atoms with van der Waals surface area (Å²) in [6.45, 7) is 1.99. The van der Waals surface area contributed by atoms with Gasteiger partial charge in [0.25, 0.3) is 0 Å². The van der Waals surface area contributed by atoms with Crippen molar-refractivity contribution in [2.24, 2.45) is 0 Å². The zero-order chi connectivity index (χ0) is 9.80. The highest BCUT2D eigenvalue weighted by molar-refractivity contribution is 5.76. The maximum Gasteiger partial charge on any atom is 0.131 e. The molecule has 0 unspecified atom stereocenters. The van der Waals surface area contributed by atoms with Crippen LogP contribution in [0.2, 0.25) is 0 Å². The summed E-state index contributed by atoms with van der Waals surface area (Å²) >= 11 is 0. The van der Waals surface area contributed by atoms with Crippen LogP contribution in [0.4, 0.5) is 0 Å². The third-order valence-electron chi connectivity index (χ3n) is 1.97. The molecule has 2 rings (SSSR count). The summed E-state index contributed by atoms with van der Waals surface area (Å²) in [5.74, 6) is 0.893. The van der Waals surface area contributed by atoms with E-state index in [9.17, 15) is 0 Å². The molecular formula is C12H12N2. The maximum absolute atomic E-state index is 4.41. The minimum absolute atomic E-state index is 0.893. The molecule has 0 bridgehead atoms. The first-order valence-corrected chi connectivity index (χ1v) is 4.64. The molecule has 1 aromatic heterocycles. The summed E-state index contributed by atoms with van der Waals surface area (Å²) in [6, 6.07) is 8.01. The van der Waals surface area contributed by atoms with Crippen LogP contribution in [0.25, 0.3) is 17.1 Å². The second kappa shape index (κ2) is 3.92. The van der Waals surface area contributed by atoms with Gasteiger partial charge in [-0.25, -0.2) is 4.98 Å². The zero-order valence-electron chi connectivity index (χ0n) is 8.07. The number of nitrogens with one attached hydrogen (secondary N) is 1. The average molecular weight is 184 g/mol. The SMILES string of the molecule is CC=CC=Cc1nc2ccccc2[nH]1. The number of benzene rings is 1. The van der Waals surface area contributed by atoms with Crippen molar-refractivity contribution in [3.05, 3.63) is 48.3 Å². The topological polar surface area (TPSA) is 28.7 Å². The number of aromatic nitrogens is 2. The first-order valence-electron chi connectivity index (χ1n) is 4.64. The monoisotopic (exact) mass is 184 g/mol. The lowest BCUT2D eigenvalue weighted by molar-refractivity contribution is 1.29. The van der Waals surface area contributed by atoms with Crippen molar-refractivity contribution in [2.75, 3.05) is 0 Å². The van der Waals surface area contributed by atoms with Crippen molar-refractivity contribution in [2.45, 2.75) is 6.92 Å². The molecule has 2 heteroatoms. The van der Waals surface area contributed by atoms with E-state index < -0.39 is 0 Å². The van der Waals surface area contributed by atoms with Crippen LogP contribution in [-0.4, -0.2) is 9.97 Å². The van der Waals surface area contributed by atoms with E-state index in [2.05, 4.69) is 9.97 Å². The van der Waals surface area contributed by atoms with Crippen LogP contribution in [0, 0.1) is 0 Å². The van der Waals surface area contributed by atoms with Gasteiger partial charge < -0.3 is 4.98 Å². The highest BCUT2D eigenvalue weighted by Crippen LogP contribution is 2.10. The predicted molar refractivity (Wildman–Crippen MR) is 59.9 cm³/mol. The molecule has 2 nitrogen and oxygen atoms in total. The number of para-hydroxylation sites is 2. The Bertz CT molecular complexity index is 445. The molecule has 0 aliphatic heterocycles. The summed E-state index contributed by atoms with van der Waals surface area (Å²) in [5, 5.41) is 0. The average Bonchev–Trinajstić information content (AvgIpc) is 2.60. The fraction of sp³-hybridized carbons (Fsp3) is 0.0833. The number of allylic oxidation sites excluding steroid dienone is 3. The molecule has 0 amide bonds. The zero-order valence-corrected chi connectivity index (χ0v) is 8.07. The van der Waals surface area contributed by atoms with Gasteiger partial charge in [0.05, 0.1) is 11.0 Å². The second-order valence-electron chi connectivity index (χ2n) is 3.02. The molecule has 1 N–H and O–H groups in total. The number of rotatable bonds is 2. The molecule has 0 spiro atoms. The summed E-state index contributed by atoms with van der Waals surface area (Å²) in [7, 11) is 0. The second-order valence-corrected chi connectivity index (χ2v) is 3.02. The molecule has 0 atom stereocenters. The van der Waals surface area contributed by atoms with E-state index in [-0.39, 0.29) is 0 Å². The molecule has 14 heavy (non-hydrogen) atoms. The summed E-state index contributed by atoms with van der Waals surface area (Å²) in [5.41, 5.74) is 2.08. The number of imidazole rings is 1. The summed E-state index contributed by atoms with van der Waals surface area (Å²) in [4.78, 5) is 7.63. The quantitative estimate of drug-likeness (QED) is 0.713. The summed E-state index contributed by atoms with van der Waals surface area (Å²) in [6.07, 6.45) is 7.89. The third kappa shape index (κ3) is 1.74.